The molecule has 1 aromatic carbocycles. The third kappa shape index (κ3) is 5.46. The lowest BCUT2D eigenvalue weighted by Gasteiger charge is -2.30. The van der Waals surface area contributed by atoms with Gasteiger partial charge in [-0.15, -0.1) is 11.3 Å². The van der Waals surface area contributed by atoms with E-state index in [2.05, 4.69) is 12.2 Å². The Balaban J connectivity index is 1.34. The van der Waals surface area contributed by atoms with Gasteiger partial charge >= 0.3 is 0 Å². The molecule has 33 heavy (non-hydrogen) atoms. The number of sulfonamides is 1. The number of carbonyl (C=O) groups is 2. The monoisotopic (exact) mass is 491 g/mol. The standard InChI is InChI=1S/C23H29N3O5S2/c1-2-17-3-5-20(6-4-17)24-22(27)18-7-9-26(10-8-18)33(29,30)21-15-19(16-32-21)23(28)25-11-13-31-14-12-25/h3-6,15-16,18H,2,7-14H2,1H3,(H,24,27). The molecule has 2 saturated heterocycles. The van der Waals surface area contributed by atoms with Crippen LogP contribution in [0.4, 0.5) is 5.69 Å². The molecule has 2 aliphatic rings. The molecule has 8 nitrogen and oxygen atoms in total. The van der Waals surface area contributed by atoms with E-state index in [4.69, 9.17) is 4.74 Å². The summed E-state index contributed by atoms with van der Waals surface area (Å²) in [6.45, 7) is 4.64. The fourth-order valence-corrected chi connectivity index (χ4v) is 6.84. The molecule has 3 heterocycles. The van der Waals surface area contributed by atoms with E-state index in [0.29, 0.717) is 44.7 Å². The van der Waals surface area contributed by atoms with E-state index in [1.54, 1.807) is 10.3 Å². The molecule has 178 valence electrons. The zero-order chi connectivity index (χ0) is 23.4. The van der Waals surface area contributed by atoms with Gasteiger partial charge in [-0.2, -0.15) is 4.31 Å². The Bertz CT molecular complexity index is 1080. The van der Waals surface area contributed by atoms with Crippen LogP contribution in [0.1, 0.15) is 35.7 Å². The van der Waals surface area contributed by atoms with Crippen molar-refractivity contribution in [2.45, 2.75) is 30.4 Å². The maximum absolute atomic E-state index is 13.1. The lowest BCUT2D eigenvalue weighted by Crippen LogP contribution is -2.41. The Morgan fingerprint density at radius 1 is 1.09 bits per heavy atom. The van der Waals surface area contributed by atoms with Crippen LogP contribution in [0.5, 0.6) is 0 Å². The first-order valence-electron chi connectivity index (χ1n) is 11.2. The van der Waals surface area contributed by atoms with Gasteiger partial charge in [-0.1, -0.05) is 19.1 Å². The van der Waals surface area contributed by atoms with Gasteiger partial charge in [0.05, 0.1) is 18.8 Å². The molecule has 0 radical (unpaired) electrons. The van der Waals surface area contributed by atoms with E-state index < -0.39 is 10.0 Å². The minimum Gasteiger partial charge on any atom is -0.378 e. The Morgan fingerprint density at radius 2 is 1.76 bits per heavy atom. The van der Waals surface area contributed by atoms with E-state index in [-0.39, 0.29) is 35.0 Å². The van der Waals surface area contributed by atoms with Gasteiger partial charge in [0.2, 0.25) is 5.91 Å². The number of benzene rings is 1. The lowest BCUT2D eigenvalue weighted by molar-refractivity contribution is -0.120. The third-order valence-electron chi connectivity index (χ3n) is 6.17. The van der Waals surface area contributed by atoms with Crippen molar-refractivity contribution >= 4 is 38.9 Å². The van der Waals surface area contributed by atoms with E-state index in [0.717, 1.165) is 23.4 Å². The zero-order valence-electron chi connectivity index (χ0n) is 18.7. The summed E-state index contributed by atoms with van der Waals surface area (Å²) in [6.07, 6.45) is 1.86. The average Bonchev–Trinajstić information content (AvgIpc) is 3.36. The van der Waals surface area contributed by atoms with Crippen LogP contribution in [0.25, 0.3) is 0 Å². The number of anilines is 1. The molecule has 2 aliphatic heterocycles. The maximum Gasteiger partial charge on any atom is 0.254 e. The molecule has 0 unspecified atom stereocenters. The third-order valence-corrected chi connectivity index (χ3v) is 9.48. The number of aryl methyl sites for hydroxylation is 1. The summed E-state index contributed by atoms with van der Waals surface area (Å²) in [6, 6.07) is 9.23. The van der Waals surface area contributed by atoms with Crippen LogP contribution in [0.3, 0.4) is 0 Å². The van der Waals surface area contributed by atoms with Crippen molar-refractivity contribution in [1.29, 1.82) is 0 Å². The summed E-state index contributed by atoms with van der Waals surface area (Å²) in [5.74, 6) is -0.478. The summed E-state index contributed by atoms with van der Waals surface area (Å²) in [4.78, 5) is 27.0. The second-order valence-corrected chi connectivity index (χ2v) is 11.4. The number of hydrogen-bond acceptors (Lipinski definition) is 6. The number of ether oxygens (including phenoxy) is 1. The Kier molecular flexibility index (Phi) is 7.48. The molecule has 4 rings (SSSR count). The number of carbonyl (C=O) groups excluding carboxylic acids is 2. The highest BCUT2D eigenvalue weighted by Crippen LogP contribution is 2.29. The molecule has 0 saturated carbocycles. The van der Waals surface area contributed by atoms with Crippen molar-refractivity contribution in [2.75, 3.05) is 44.7 Å². The van der Waals surface area contributed by atoms with Gasteiger partial charge in [-0.3, -0.25) is 9.59 Å². The molecule has 0 bridgehead atoms. The summed E-state index contributed by atoms with van der Waals surface area (Å²) >= 11 is 1.07. The van der Waals surface area contributed by atoms with Crippen molar-refractivity contribution in [3.63, 3.8) is 0 Å². The first-order valence-corrected chi connectivity index (χ1v) is 13.6. The van der Waals surface area contributed by atoms with Gasteiger partial charge < -0.3 is 15.0 Å². The zero-order valence-corrected chi connectivity index (χ0v) is 20.3. The van der Waals surface area contributed by atoms with Crippen LogP contribution in [-0.2, 0) is 26.0 Å². The van der Waals surface area contributed by atoms with Crippen LogP contribution in [-0.4, -0.2) is 68.8 Å². The fourth-order valence-electron chi connectivity index (χ4n) is 4.07. The molecule has 1 N–H and O–H groups in total. The topological polar surface area (TPSA) is 96.0 Å². The molecule has 1 aromatic heterocycles. The van der Waals surface area contributed by atoms with Crippen LogP contribution in [0.2, 0.25) is 0 Å². The fraction of sp³-hybridized carbons (Fsp3) is 0.478. The van der Waals surface area contributed by atoms with Crippen molar-refractivity contribution in [3.8, 4) is 0 Å². The van der Waals surface area contributed by atoms with E-state index in [9.17, 15) is 18.0 Å². The maximum atomic E-state index is 13.1. The second kappa shape index (κ2) is 10.3. The van der Waals surface area contributed by atoms with Gasteiger partial charge in [0.1, 0.15) is 4.21 Å². The van der Waals surface area contributed by atoms with Crippen molar-refractivity contribution in [2.24, 2.45) is 5.92 Å². The smallest absolute Gasteiger partial charge is 0.254 e. The summed E-state index contributed by atoms with van der Waals surface area (Å²) in [7, 11) is -3.70. The molecular formula is C23H29N3O5S2. The Morgan fingerprint density at radius 3 is 2.39 bits per heavy atom. The molecule has 2 aromatic rings. The second-order valence-electron chi connectivity index (χ2n) is 8.28. The largest absolute Gasteiger partial charge is 0.378 e. The number of morpholine rings is 1. The highest BCUT2D eigenvalue weighted by molar-refractivity contribution is 7.91. The number of rotatable bonds is 6. The minimum absolute atomic E-state index is 0.0779. The number of thiophene rings is 1. The minimum atomic E-state index is -3.70. The quantitative estimate of drug-likeness (QED) is 0.670. The van der Waals surface area contributed by atoms with Crippen molar-refractivity contribution in [1.82, 2.24) is 9.21 Å². The van der Waals surface area contributed by atoms with Gasteiger partial charge in [0, 0.05) is 43.2 Å². The van der Waals surface area contributed by atoms with E-state index in [1.807, 2.05) is 24.3 Å². The van der Waals surface area contributed by atoms with E-state index in [1.165, 1.54) is 15.9 Å². The number of amides is 2. The first-order chi connectivity index (χ1) is 15.9. The number of nitrogens with zero attached hydrogens (tertiary/aromatic N) is 2. The molecule has 2 fully saturated rings. The predicted molar refractivity (Wildman–Crippen MR) is 127 cm³/mol. The van der Waals surface area contributed by atoms with E-state index >= 15 is 0 Å². The first kappa shape index (κ1) is 23.9. The lowest BCUT2D eigenvalue weighted by atomic mass is 9.97. The van der Waals surface area contributed by atoms with Crippen LogP contribution in [0, 0.1) is 5.92 Å². The predicted octanol–water partition coefficient (Wildman–Crippen LogP) is 2.82. The van der Waals surface area contributed by atoms with Gasteiger partial charge in [0.15, 0.2) is 0 Å². The number of nitrogens with one attached hydrogen (secondary N) is 1. The molecule has 0 atom stereocenters. The van der Waals surface area contributed by atoms with Crippen molar-refractivity contribution in [3.05, 3.63) is 46.8 Å². The molecule has 2 amide bonds. The normalized spacial score (nSPS) is 18.3. The summed E-state index contributed by atoms with van der Waals surface area (Å²) in [5.41, 5.74) is 2.35. The van der Waals surface area contributed by atoms with Gasteiger partial charge in [-0.25, -0.2) is 8.42 Å². The molecule has 10 heteroatoms. The Labute approximate surface area is 198 Å². The number of piperidine rings is 1. The summed E-state index contributed by atoms with van der Waals surface area (Å²) < 4.78 is 33.1. The van der Waals surface area contributed by atoms with Crippen LogP contribution in [0.15, 0.2) is 39.9 Å². The molecule has 0 spiro atoms. The highest BCUT2D eigenvalue weighted by atomic mass is 32.2. The van der Waals surface area contributed by atoms with Crippen LogP contribution < -0.4 is 5.32 Å². The van der Waals surface area contributed by atoms with Crippen molar-refractivity contribution < 1.29 is 22.7 Å². The molecule has 0 aliphatic carbocycles. The average molecular weight is 492 g/mol. The van der Waals surface area contributed by atoms with Gasteiger partial charge in [-0.05, 0) is 43.0 Å². The Hall–Kier alpha value is -2.27. The number of hydrogen-bond donors (Lipinski definition) is 1. The van der Waals surface area contributed by atoms with Gasteiger partial charge in [0.25, 0.3) is 15.9 Å². The SMILES string of the molecule is CCc1ccc(NC(=O)C2CCN(S(=O)(=O)c3cc(C(=O)N4CCOCC4)cs3)CC2)cc1. The summed E-state index contributed by atoms with van der Waals surface area (Å²) in [5, 5.41) is 4.55. The highest BCUT2D eigenvalue weighted by Gasteiger charge is 2.33. The molecular weight excluding hydrogens is 462 g/mol. The van der Waals surface area contributed by atoms with Crippen LogP contribution >= 0.6 is 11.3 Å².